The van der Waals surface area contributed by atoms with Crippen LogP contribution in [0.4, 0.5) is 0 Å². The predicted molar refractivity (Wildman–Crippen MR) is 159 cm³/mol. The summed E-state index contributed by atoms with van der Waals surface area (Å²) < 4.78 is 4.15. The van der Waals surface area contributed by atoms with Gasteiger partial charge in [-0.3, -0.25) is 4.79 Å². The molecule has 0 spiro atoms. The van der Waals surface area contributed by atoms with Crippen molar-refractivity contribution in [2.24, 2.45) is 0 Å². The summed E-state index contributed by atoms with van der Waals surface area (Å²) in [7, 11) is 0. The Morgan fingerprint density at radius 2 is 1.28 bits per heavy atom. The molecule has 3 aromatic rings. The van der Waals surface area contributed by atoms with E-state index in [2.05, 4.69) is 106 Å². The maximum atomic E-state index is 9.18. The Balaban J connectivity index is 0.00000106. The van der Waals surface area contributed by atoms with E-state index in [1.807, 2.05) is 0 Å². The number of hydrogen-bond acceptors (Lipinski definition) is 2. The number of hydrogen-bond donors (Lipinski definition) is 0. The first-order valence-corrected chi connectivity index (χ1v) is 13.3. The summed E-state index contributed by atoms with van der Waals surface area (Å²) in [6.45, 7) is 13.6. The molecule has 0 bridgehead atoms. The van der Waals surface area contributed by atoms with Crippen LogP contribution in [0, 0.1) is 13.8 Å². The largest absolute Gasteiger partial charge is 0.468 e. The highest BCUT2D eigenvalue weighted by molar-refractivity contribution is 5.85. The molecule has 3 heteroatoms. The van der Waals surface area contributed by atoms with Gasteiger partial charge in [-0.2, -0.15) is 0 Å². The molecule has 0 radical (unpaired) electrons. The first-order chi connectivity index (χ1) is 17.0. The Hall–Kier alpha value is -2.58. The second-order valence-corrected chi connectivity index (χ2v) is 9.01. The molecule has 0 amide bonds. The van der Waals surface area contributed by atoms with E-state index in [-0.39, 0.29) is 12.4 Å². The topological polar surface area (TPSA) is 26.3 Å². The van der Waals surface area contributed by atoms with Gasteiger partial charge in [0.05, 0.1) is 6.61 Å². The minimum absolute atomic E-state index is 0. The van der Waals surface area contributed by atoms with Gasteiger partial charge in [-0.15, -0.1) is 12.4 Å². The second-order valence-electron chi connectivity index (χ2n) is 9.01. The molecule has 3 rings (SSSR count). The third-order valence-corrected chi connectivity index (χ3v) is 5.84. The van der Waals surface area contributed by atoms with Gasteiger partial charge < -0.3 is 4.74 Å². The number of carbonyl (C=O) groups is 1. The van der Waals surface area contributed by atoms with Gasteiger partial charge in [-0.1, -0.05) is 111 Å². The molecule has 0 aliphatic carbocycles. The molecule has 0 atom stereocenters. The fourth-order valence-corrected chi connectivity index (χ4v) is 3.62. The van der Waals surface area contributed by atoms with Crippen molar-refractivity contribution in [2.45, 2.75) is 86.5 Å². The minimum Gasteiger partial charge on any atom is -0.468 e. The summed E-state index contributed by atoms with van der Waals surface area (Å²) >= 11 is 0. The van der Waals surface area contributed by atoms with Crippen molar-refractivity contribution in [1.82, 2.24) is 0 Å². The molecule has 0 saturated carbocycles. The summed E-state index contributed by atoms with van der Waals surface area (Å²) in [6.07, 6.45) is 8.56. The van der Waals surface area contributed by atoms with Gasteiger partial charge in [0, 0.05) is 0 Å². The van der Waals surface area contributed by atoms with E-state index in [1.165, 1.54) is 71.0 Å². The molecular formula is C33H47ClO2. The van der Waals surface area contributed by atoms with Crippen LogP contribution in [0.1, 0.15) is 81.2 Å². The maximum absolute atomic E-state index is 9.18. The molecular weight excluding hydrogens is 464 g/mol. The lowest BCUT2D eigenvalue weighted by molar-refractivity contribution is -0.128. The molecule has 36 heavy (non-hydrogen) atoms. The van der Waals surface area contributed by atoms with E-state index in [0.717, 1.165) is 12.8 Å². The number of halogens is 1. The van der Waals surface area contributed by atoms with E-state index < -0.39 is 0 Å². The molecule has 2 nitrogen and oxygen atoms in total. The summed E-state index contributed by atoms with van der Waals surface area (Å²) in [5.74, 6) is 0. The number of aryl methyl sites for hydroxylation is 5. The van der Waals surface area contributed by atoms with Crippen molar-refractivity contribution in [1.29, 1.82) is 0 Å². The first kappa shape index (κ1) is 33.4. The third kappa shape index (κ3) is 14.1. The molecule has 0 aliphatic rings. The van der Waals surface area contributed by atoms with Crippen LogP contribution in [0.5, 0.6) is 0 Å². The average molecular weight is 511 g/mol. The van der Waals surface area contributed by atoms with Gasteiger partial charge >= 0.3 is 0 Å². The lowest BCUT2D eigenvalue weighted by atomic mass is 9.96. The summed E-state index contributed by atoms with van der Waals surface area (Å²) in [4.78, 5) is 9.18. The lowest BCUT2D eigenvalue weighted by Crippen LogP contribution is -1.91. The molecule has 0 aliphatic heterocycles. The normalized spacial score (nSPS) is 9.61. The Bertz CT molecular complexity index is 962. The van der Waals surface area contributed by atoms with Crippen LogP contribution >= 0.6 is 12.4 Å². The van der Waals surface area contributed by atoms with Gasteiger partial charge in [-0.25, -0.2) is 0 Å². The fourth-order valence-electron chi connectivity index (χ4n) is 3.62. The fraction of sp³-hybridized carbons (Fsp3) is 0.424. The molecule has 0 N–H and O–H groups in total. The lowest BCUT2D eigenvalue weighted by Gasteiger charge is -2.09. The highest BCUT2D eigenvalue weighted by Gasteiger charge is 2.03. The Morgan fingerprint density at radius 1 is 0.667 bits per heavy atom. The van der Waals surface area contributed by atoms with Crippen LogP contribution in [-0.2, 0) is 28.8 Å². The highest BCUT2D eigenvalue weighted by atomic mass is 35.5. The van der Waals surface area contributed by atoms with Gasteiger partial charge in [0.2, 0.25) is 0 Å². The quantitative estimate of drug-likeness (QED) is 0.200. The Kier molecular flexibility index (Phi) is 19.1. The van der Waals surface area contributed by atoms with Crippen molar-refractivity contribution >= 4 is 18.9 Å². The van der Waals surface area contributed by atoms with Crippen molar-refractivity contribution in [3.8, 4) is 11.1 Å². The highest BCUT2D eigenvalue weighted by Crippen LogP contribution is 2.24. The molecule has 0 saturated heterocycles. The van der Waals surface area contributed by atoms with E-state index >= 15 is 0 Å². The van der Waals surface area contributed by atoms with Gasteiger partial charge in [-0.05, 0) is 80.7 Å². The van der Waals surface area contributed by atoms with Crippen LogP contribution < -0.4 is 0 Å². The first-order valence-electron chi connectivity index (χ1n) is 13.3. The van der Waals surface area contributed by atoms with Gasteiger partial charge in [0.15, 0.2) is 0 Å². The molecule has 0 heterocycles. The number of unbranched alkanes of at least 4 members (excludes halogenated alkanes) is 2. The number of benzene rings is 3. The molecule has 0 aromatic heterocycles. The van der Waals surface area contributed by atoms with Crippen LogP contribution in [-0.4, -0.2) is 13.1 Å². The molecule has 0 unspecified atom stereocenters. The standard InChI is InChI=1S/C26H30.C4H10.C3H6O2.ClH/c1-4-22-16-21(3)17-26(18-22)25-11-7-10-24(19-25)9-6-5-8-23-14-12-20(2)13-15-23;1-3-4-2;1-2-5-3-4;/h7,10-19H,4-6,8-9H2,1-3H3;3-4H2,1-2H3;3H,2H2,1H3;1H. The van der Waals surface area contributed by atoms with Gasteiger partial charge in [0.25, 0.3) is 6.47 Å². The summed E-state index contributed by atoms with van der Waals surface area (Å²) in [6, 6.07) is 25.0. The SMILES string of the molecule is CCCC.CCOC=O.CCc1cc(C)cc(-c2cccc(CCCCc3ccc(C)cc3)c2)c1.Cl. The Morgan fingerprint density at radius 3 is 1.81 bits per heavy atom. The monoisotopic (exact) mass is 510 g/mol. The van der Waals surface area contributed by atoms with Crippen molar-refractivity contribution in [2.75, 3.05) is 6.61 Å². The van der Waals surface area contributed by atoms with Crippen LogP contribution in [0.25, 0.3) is 11.1 Å². The minimum atomic E-state index is 0. The van der Waals surface area contributed by atoms with E-state index in [1.54, 1.807) is 6.92 Å². The number of rotatable bonds is 10. The smallest absolute Gasteiger partial charge is 0.293 e. The zero-order valence-corrected chi connectivity index (χ0v) is 24.1. The van der Waals surface area contributed by atoms with Crippen LogP contribution in [0.15, 0.2) is 66.7 Å². The van der Waals surface area contributed by atoms with E-state index in [0.29, 0.717) is 13.1 Å². The molecule has 198 valence electrons. The summed E-state index contributed by atoms with van der Waals surface area (Å²) in [5, 5.41) is 0. The van der Waals surface area contributed by atoms with Gasteiger partial charge in [0.1, 0.15) is 0 Å². The average Bonchev–Trinajstić information content (AvgIpc) is 2.88. The Labute approximate surface area is 226 Å². The van der Waals surface area contributed by atoms with Crippen molar-refractivity contribution < 1.29 is 9.53 Å². The predicted octanol–water partition coefficient (Wildman–Crippen LogP) is 9.51. The summed E-state index contributed by atoms with van der Waals surface area (Å²) in [5.41, 5.74) is 9.71. The van der Waals surface area contributed by atoms with Crippen molar-refractivity contribution in [3.05, 3.63) is 94.5 Å². The third-order valence-electron chi connectivity index (χ3n) is 5.84. The van der Waals surface area contributed by atoms with E-state index in [9.17, 15) is 4.79 Å². The number of carbonyl (C=O) groups excluding carboxylic acids is 1. The molecule has 3 aromatic carbocycles. The van der Waals surface area contributed by atoms with Crippen LogP contribution in [0.3, 0.4) is 0 Å². The second kappa shape index (κ2) is 20.6. The van der Waals surface area contributed by atoms with Crippen molar-refractivity contribution in [3.63, 3.8) is 0 Å². The van der Waals surface area contributed by atoms with Crippen LogP contribution in [0.2, 0.25) is 0 Å². The maximum Gasteiger partial charge on any atom is 0.293 e. The zero-order chi connectivity index (χ0) is 25.9. The zero-order valence-electron chi connectivity index (χ0n) is 23.3. The van der Waals surface area contributed by atoms with E-state index in [4.69, 9.17) is 0 Å². The number of ether oxygens (including phenoxy) is 1. The molecule has 0 fully saturated rings.